The van der Waals surface area contributed by atoms with Gasteiger partial charge in [0.2, 0.25) is 59.1 Å². The predicted octanol–water partition coefficient (Wildman–Crippen LogP) is -3.42. The number of aliphatic hydroxyl groups is 2. The van der Waals surface area contributed by atoms with E-state index in [0.717, 1.165) is 5.56 Å². The smallest absolute Gasteiger partial charge is 0.245 e. The van der Waals surface area contributed by atoms with Crippen LogP contribution < -0.4 is 59.7 Å². The molecule has 1 saturated heterocycles. The summed E-state index contributed by atoms with van der Waals surface area (Å²) in [5.74, 6) is -9.15. The Morgan fingerprint density at radius 3 is 1.71 bits per heavy atom. The molecule has 0 bridgehead atoms. The van der Waals surface area contributed by atoms with Gasteiger partial charge < -0.3 is 74.7 Å². The lowest BCUT2D eigenvalue weighted by Crippen LogP contribution is -2.61. The number of aliphatic hydroxyl groups excluding tert-OH is 2. The average molecular weight is 1090 g/mol. The highest BCUT2D eigenvalue weighted by Gasteiger charge is 2.39. The first-order valence-electron chi connectivity index (χ1n) is 26.2. The Hall–Kier alpha value is -7.35. The third-order valence-corrected chi connectivity index (χ3v) is 13.3. The zero-order valence-corrected chi connectivity index (χ0v) is 45.2. The quantitative estimate of drug-likeness (QED) is 0.0310. The van der Waals surface area contributed by atoms with Gasteiger partial charge in [-0.2, -0.15) is 0 Å². The van der Waals surface area contributed by atoms with Crippen LogP contribution in [0.2, 0.25) is 0 Å². The van der Waals surface area contributed by atoms with E-state index in [-0.39, 0.29) is 38.1 Å². The van der Waals surface area contributed by atoms with Gasteiger partial charge in [-0.15, -0.1) is 0 Å². The number of nitrogens with one attached hydrogen (secondary N) is 8. The van der Waals surface area contributed by atoms with Gasteiger partial charge in [0.25, 0.3) is 0 Å². The van der Waals surface area contributed by atoms with E-state index >= 15 is 0 Å². The maximum atomic E-state index is 14.4. The second-order valence-electron chi connectivity index (χ2n) is 20.1. The third-order valence-electron chi connectivity index (χ3n) is 13.3. The van der Waals surface area contributed by atoms with Crippen molar-refractivity contribution in [3.63, 3.8) is 0 Å². The Morgan fingerprint density at radius 2 is 1.17 bits per heavy atom. The number of hydrogen-bond acceptors (Lipinski definition) is 15. The summed E-state index contributed by atoms with van der Waals surface area (Å²) < 4.78 is 0. The molecule has 10 amide bonds. The van der Waals surface area contributed by atoms with Crippen LogP contribution >= 0.6 is 0 Å². The molecule has 16 N–H and O–H groups in total. The van der Waals surface area contributed by atoms with Crippen molar-refractivity contribution in [2.45, 2.75) is 159 Å². The molecule has 25 nitrogen and oxygen atoms in total. The number of amides is 10. The Morgan fingerprint density at radius 1 is 0.641 bits per heavy atom. The Labute approximate surface area is 454 Å². The zero-order valence-electron chi connectivity index (χ0n) is 45.2. The highest BCUT2D eigenvalue weighted by atomic mass is 16.3. The molecule has 1 aliphatic rings. The van der Waals surface area contributed by atoms with Crippen molar-refractivity contribution in [2.75, 3.05) is 19.7 Å². The summed E-state index contributed by atoms with van der Waals surface area (Å²) in [6.07, 6.45) is -1.01. The average Bonchev–Trinajstić information content (AvgIpc) is 3.87. The highest BCUT2D eigenvalue weighted by Crippen LogP contribution is 2.20. The molecule has 25 heteroatoms. The molecular weight excluding hydrogens is 1010 g/mol. The molecule has 0 unspecified atom stereocenters. The topological polar surface area (TPSA) is 406 Å². The minimum absolute atomic E-state index is 0.0233. The van der Waals surface area contributed by atoms with E-state index in [9.17, 15) is 63.0 Å². The number of primary amides is 2. The summed E-state index contributed by atoms with van der Waals surface area (Å²) in [5.41, 5.74) is 18.4. The Kier molecular flexibility index (Phi) is 27.0. The third kappa shape index (κ3) is 21.2. The van der Waals surface area contributed by atoms with Crippen LogP contribution in [-0.4, -0.2) is 167 Å². The summed E-state index contributed by atoms with van der Waals surface area (Å²) in [6.45, 7) is 8.99. The molecular formula is C53H80N12O13. The van der Waals surface area contributed by atoms with Crippen LogP contribution in [0.15, 0.2) is 60.7 Å². The molecule has 1 heterocycles. The van der Waals surface area contributed by atoms with Crippen LogP contribution in [0, 0.1) is 11.8 Å². The van der Waals surface area contributed by atoms with Gasteiger partial charge in [0.15, 0.2) is 0 Å². The summed E-state index contributed by atoms with van der Waals surface area (Å²) in [5, 5.41) is 41.1. The fourth-order valence-electron chi connectivity index (χ4n) is 8.54. The maximum absolute atomic E-state index is 14.4. The lowest BCUT2D eigenvalue weighted by atomic mass is 9.96. The van der Waals surface area contributed by atoms with E-state index in [1.165, 1.54) is 13.8 Å². The van der Waals surface area contributed by atoms with Crippen LogP contribution in [0.5, 0.6) is 0 Å². The van der Waals surface area contributed by atoms with Crippen molar-refractivity contribution in [3.8, 4) is 0 Å². The van der Waals surface area contributed by atoms with Crippen molar-refractivity contribution in [2.24, 2.45) is 29.0 Å². The molecule has 2 aromatic rings. The van der Waals surface area contributed by atoms with Gasteiger partial charge in [0.1, 0.15) is 42.5 Å². The van der Waals surface area contributed by atoms with Gasteiger partial charge in [-0.25, -0.2) is 0 Å². The predicted molar refractivity (Wildman–Crippen MR) is 285 cm³/mol. The number of likely N-dealkylation sites (tertiary alicyclic amines) is 1. The molecule has 0 spiro atoms. The van der Waals surface area contributed by atoms with Crippen molar-refractivity contribution in [1.82, 2.24) is 47.4 Å². The largest absolute Gasteiger partial charge is 0.394 e. The van der Waals surface area contributed by atoms with Gasteiger partial charge in [0, 0.05) is 25.4 Å². The van der Waals surface area contributed by atoms with E-state index in [1.54, 1.807) is 81.1 Å². The number of carbonyl (C=O) groups is 11. The highest BCUT2D eigenvalue weighted by molar-refractivity contribution is 5.97. The normalized spacial score (nSPS) is 17.6. The molecule has 78 heavy (non-hydrogen) atoms. The minimum Gasteiger partial charge on any atom is -0.394 e. The molecule has 2 aromatic carbocycles. The monoisotopic (exact) mass is 1090 g/mol. The first-order chi connectivity index (χ1) is 36.9. The summed E-state index contributed by atoms with van der Waals surface area (Å²) in [7, 11) is 0. The maximum Gasteiger partial charge on any atom is 0.245 e. The van der Waals surface area contributed by atoms with Gasteiger partial charge in [-0.3, -0.25) is 52.8 Å². The minimum atomic E-state index is -1.59. The number of aldehydes is 1. The van der Waals surface area contributed by atoms with E-state index in [0.29, 0.717) is 37.7 Å². The van der Waals surface area contributed by atoms with Crippen molar-refractivity contribution >= 4 is 65.4 Å². The number of benzene rings is 2. The number of nitrogens with zero attached hydrogens (tertiary/aromatic N) is 1. The standard InChI is InChI=1S/C53H80N12O13/c1-7-30(4)44(52(77)64-45(32(6)68)53(78)57-31(5)27-66)63-46(71)36(20-21-41(54)69)59-50(75)40-19-14-22-65(40)26-35(23-33-15-10-8-11-16-33)58-47(72)38(25-42(55)70)61-48(73)37(24-34-17-12-9-13-18-34)60-49(74)39(28-67)62-51(76)43(56)29(2)3/h8-13,15-18,27,29-32,35-40,43-45,67-68H,7,14,19-26,28,56H2,1-6H3,(H2,54,69)(H2,55,70)(H,57,78)(H,58,72)(H,59,75)(H,60,74)(H,61,73)(H,62,76)(H,63,71)(H,64,77)/t30-,31-,32+,35-,36-,37-,38-,39-,40-,43-,44-,45-/m0/s1. The fourth-order valence-corrected chi connectivity index (χ4v) is 8.54. The molecule has 0 aromatic heterocycles. The molecule has 0 radical (unpaired) electrons. The Balaban J connectivity index is 1.90. The van der Waals surface area contributed by atoms with Crippen LogP contribution in [-0.2, 0) is 65.6 Å². The molecule has 12 atom stereocenters. The lowest BCUT2D eigenvalue weighted by Gasteiger charge is -2.32. The van der Waals surface area contributed by atoms with Crippen LogP contribution in [0.25, 0.3) is 0 Å². The fraction of sp³-hybridized carbons (Fsp3) is 0.566. The second-order valence-corrected chi connectivity index (χ2v) is 20.1. The van der Waals surface area contributed by atoms with Gasteiger partial charge >= 0.3 is 0 Å². The summed E-state index contributed by atoms with van der Waals surface area (Å²) >= 11 is 0. The first kappa shape index (κ1) is 64.9. The molecule has 0 aliphatic carbocycles. The van der Waals surface area contributed by atoms with Crippen LogP contribution in [0.4, 0.5) is 0 Å². The van der Waals surface area contributed by atoms with E-state index < -0.39 is 145 Å². The van der Waals surface area contributed by atoms with E-state index in [1.807, 2.05) is 12.1 Å². The van der Waals surface area contributed by atoms with Gasteiger partial charge in [0.05, 0.1) is 37.3 Å². The van der Waals surface area contributed by atoms with Crippen molar-refractivity contribution < 1.29 is 63.0 Å². The van der Waals surface area contributed by atoms with Crippen LogP contribution in [0.1, 0.15) is 91.2 Å². The second kappa shape index (κ2) is 32.4. The van der Waals surface area contributed by atoms with Crippen LogP contribution in [0.3, 0.4) is 0 Å². The Bertz CT molecular complexity index is 2360. The lowest BCUT2D eigenvalue weighted by molar-refractivity contribution is -0.137. The molecule has 1 fully saturated rings. The molecule has 430 valence electrons. The van der Waals surface area contributed by atoms with Crippen molar-refractivity contribution in [1.29, 1.82) is 0 Å². The summed E-state index contributed by atoms with van der Waals surface area (Å²) in [4.78, 5) is 147. The number of carbonyl (C=O) groups excluding carboxylic acids is 11. The number of hydrogen-bond donors (Lipinski definition) is 13. The molecule has 3 rings (SSSR count). The SMILES string of the molecule is CC[C@H](C)[C@H](NC(=O)[C@H](CCC(N)=O)NC(=O)[C@@H]1CCCN1C[C@H](Cc1ccccc1)NC(=O)[C@H](CC(N)=O)NC(=O)[C@H](Cc1ccccc1)NC(=O)[C@H](CO)NC(=O)[C@@H](N)C(C)C)C(=O)N[C@H](C(=O)N[C@@H](C)C=O)[C@@H](C)O. The number of nitrogens with two attached hydrogens (primary N) is 3. The van der Waals surface area contributed by atoms with E-state index in [2.05, 4.69) is 42.5 Å². The van der Waals surface area contributed by atoms with E-state index in [4.69, 9.17) is 17.2 Å². The molecule has 0 saturated carbocycles. The van der Waals surface area contributed by atoms with Gasteiger partial charge in [-0.1, -0.05) is 94.8 Å². The zero-order chi connectivity index (χ0) is 58.2. The van der Waals surface area contributed by atoms with Gasteiger partial charge in [-0.05, 0) is 69.0 Å². The first-order valence-corrected chi connectivity index (χ1v) is 26.2. The van der Waals surface area contributed by atoms with Crippen molar-refractivity contribution in [3.05, 3.63) is 71.8 Å². The molecule has 1 aliphatic heterocycles. The number of rotatable bonds is 33. The summed E-state index contributed by atoms with van der Waals surface area (Å²) in [6, 6.07) is 5.16.